The molecule has 0 unspecified atom stereocenters. The topological polar surface area (TPSA) is 142 Å². The van der Waals surface area contributed by atoms with Crippen molar-refractivity contribution in [3.8, 4) is 0 Å². The highest BCUT2D eigenvalue weighted by molar-refractivity contribution is 6.04. The van der Waals surface area contributed by atoms with Crippen LogP contribution in [0, 0.1) is 0 Å². The molecule has 4 N–H and O–H groups in total. The van der Waals surface area contributed by atoms with Gasteiger partial charge in [0.15, 0.2) is 0 Å². The maximum Gasteiger partial charge on any atom is 0.256 e. The number of rotatable bonds is 13. The van der Waals surface area contributed by atoms with Crippen LogP contribution in [0.5, 0.6) is 0 Å². The van der Waals surface area contributed by atoms with Crippen LogP contribution < -0.4 is 21.3 Å². The molecule has 10 heteroatoms. The SMILES string of the molecule is CCCC(=O)Nc1cccc(NC(=O)c2cccc(CCc3cccc(C(=O)Nc4cccc(NC(=O)CCC)n4)c3)c2)n1. The summed E-state index contributed by atoms with van der Waals surface area (Å²) in [6, 6.07) is 24.8. The van der Waals surface area contributed by atoms with Gasteiger partial charge in [-0.2, -0.15) is 0 Å². The number of benzene rings is 2. The Labute approximate surface area is 256 Å². The molecular weight excluding hydrogens is 556 g/mol. The lowest BCUT2D eigenvalue weighted by molar-refractivity contribution is -0.117. The number of amides is 4. The van der Waals surface area contributed by atoms with Gasteiger partial charge in [-0.25, -0.2) is 9.97 Å². The van der Waals surface area contributed by atoms with Crippen LogP contribution in [-0.2, 0) is 22.4 Å². The van der Waals surface area contributed by atoms with Gasteiger partial charge in [0.1, 0.15) is 23.3 Å². The number of carbonyl (C=O) groups excluding carboxylic acids is 4. The molecule has 4 rings (SSSR count). The first kappa shape index (κ1) is 31.6. The highest BCUT2D eigenvalue weighted by atomic mass is 16.2. The van der Waals surface area contributed by atoms with Gasteiger partial charge in [0.05, 0.1) is 0 Å². The van der Waals surface area contributed by atoms with E-state index in [4.69, 9.17) is 0 Å². The standard InChI is InChI=1S/C34H36N6O4/c1-3-9-31(41)37-27-15-7-17-29(35-27)39-33(43)25-13-5-11-23(21-25)19-20-24-12-6-14-26(22-24)34(44)40-30-18-8-16-28(36-30)38-32(42)10-4-2/h5-8,11-18,21-22H,3-4,9-10,19-20H2,1-2H3,(H2,35,37,39,41,43)(H2,36,38,40,42,44). The van der Waals surface area contributed by atoms with Gasteiger partial charge < -0.3 is 21.3 Å². The molecule has 0 spiro atoms. The van der Waals surface area contributed by atoms with Crippen molar-refractivity contribution in [1.29, 1.82) is 0 Å². The Morgan fingerprint density at radius 1 is 0.523 bits per heavy atom. The van der Waals surface area contributed by atoms with Gasteiger partial charge in [-0.1, -0.05) is 50.2 Å². The summed E-state index contributed by atoms with van der Waals surface area (Å²) in [5, 5.41) is 11.0. The summed E-state index contributed by atoms with van der Waals surface area (Å²) < 4.78 is 0. The Morgan fingerprint density at radius 3 is 1.27 bits per heavy atom. The molecule has 0 saturated carbocycles. The molecule has 0 bridgehead atoms. The summed E-state index contributed by atoms with van der Waals surface area (Å²) in [7, 11) is 0. The largest absolute Gasteiger partial charge is 0.311 e. The van der Waals surface area contributed by atoms with E-state index in [9.17, 15) is 19.2 Å². The Morgan fingerprint density at radius 2 is 0.886 bits per heavy atom. The van der Waals surface area contributed by atoms with Gasteiger partial charge in [0, 0.05) is 24.0 Å². The summed E-state index contributed by atoms with van der Waals surface area (Å²) in [4.78, 5) is 58.3. The molecule has 0 aliphatic rings. The van der Waals surface area contributed by atoms with E-state index in [1.54, 1.807) is 48.5 Å². The lowest BCUT2D eigenvalue weighted by Gasteiger charge is -2.10. The van der Waals surface area contributed by atoms with E-state index < -0.39 is 0 Å². The third-order valence-electron chi connectivity index (χ3n) is 6.55. The molecule has 0 saturated heterocycles. The Bertz CT molecular complexity index is 1520. The first-order valence-corrected chi connectivity index (χ1v) is 14.7. The lowest BCUT2D eigenvalue weighted by atomic mass is 10.0. The predicted octanol–water partition coefficient (Wildman–Crippen LogP) is 6.24. The molecule has 0 atom stereocenters. The second-order valence-electron chi connectivity index (χ2n) is 10.2. The number of carbonyl (C=O) groups is 4. The van der Waals surface area contributed by atoms with E-state index in [-0.39, 0.29) is 23.6 Å². The third-order valence-corrected chi connectivity index (χ3v) is 6.55. The van der Waals surface area contributed by atoms with Crippen LogP contribution in [0.1, 0.15) is 71.4 Å². The number of aryl methyl sites for hydroxylation is 2. The van der Waals surface area contributed by atoms with Crippen molar-refractivity contribution >= 4 is 46.9 Å². The quantitative estimate of drug-likeness (QED) is 0.145. The molecule has 226 valence electrons. The van der Waals surface area contributed by atoms with Crippen molar-refractivity contribution in [2.45, 2.75) is 52.4 Å². The molecule has 44 heavy (non-hydrogen) atoms. The van der Waals surface area contributed by atoms with E-state index in [0.717, 1.165) is 24.0 Å². The second kappa shape index (κ2) is 15.7. The molecule has 0 fully saturated rings. The van der Waals surface area contributed by atoms with Crippen molar-refractivity contribution in [1.82, 2.24) is 9.97 Å². The van der Waals surface area contributed by atoms with Crippen LogP contribution in [0.15, 0.2) is 84.9 Å². The fourth-order valence-corrected chi connectivity index (χ4v) is 4.41. The molecule has 2 aromatic carbocycles. The number of pyridine rings is 2. The van der Waals surface area contributed by atoms with Crippen LogP contribution in [0.2, 0.25) is 0 Å². The molecule has 4 aromatic rings. The van der Waals surface area contributed by atoms with Crippen LogP contribution in [-0.4, -0.2) is 33.6 Å². The van der Waals surface area contributed by atoms with Crippen molar-refractivity contribution < 1.29 is 19.2 Å². The van der Waals surface area contributed by atoms with Crippen molar-refractivity contribution in [2.24, 2.45) is 0 Å². The number of hydrogen-bond donors (Lipinski definition) is 4. The van der Waals surface area contributed by atoms with E-state index >= 15 is 0 Å². The molecule has 0 aliphatic heterocycles. The molecule has 2 heterocycles. The first-order valence-electron chi connectivity index (χ1n) is 14.7. The van der Waals surface area contributed by atoms with Crippen LogP contribution in [0.25, 0.3) is 0 Å². The summed E-state index contributed by atoms with van der Waals surface area (Å²) in [6.45, 7) is 3.85. The van der Waals surface area contributed by atoms with Crippen LogP contribution in [0.3, 0.4) is 0 Å². The van der Waals surface area contributed by atoms with Gasteiger partial charge in [-0.3, -0.25) is 19.2 Å². The second-order valence-corrected chi connectivity index (χ2v) is 10.2. The van der Waals surface area contributed by atoms with Crippen molar-refractivity contribution in [2.75, 3.05) is 21.3 Å². The average molecular weight is 593 g/mol. The highest BCUT2D eigenvalue weighted by Crippen LogP contribution is 2.16. The normalized spacial score (nSPS) is 10.5. The van der Waals surface area contributed by atoms with Crippen molar-refractivity contribution in [3.05, 3.63) is 107 Å². The average Bonchev–Trinajstić information content (AvgIpc) is 3.01. The lowest BCUT2D eigenvalue weighted by Crippen LogP contribution is -2.16. The summed E-state index contributed by atoms with van der Waals surface area (Å²) in [5.74, 6) is 0.576. The zero-order valence-corrected chi connectivity index (χ0v) is 24.9. The molecule has 0 aliphatic carbocycles. The maximum atomic E-state index is 12.9. The zero-order valence-electron chi connectivity index (χ0n) is 24.9. The van der Waals surface area contributed by atoms with Gasteiger partial charge in [-0.05, 0) is 85.3 Å². The van der Waals surface area contributed by atoms with E-state index in [2.05, 4.69) is 31.2 Å². The summed E-state index contributed by atoms with van der Waals surface area (Å²) in [5.41, 5.74) is 2.90. The van der Waals surface area contributed by atoms with Gasteiger partial charge >= 0.3 is 0 Å². The third kappa shape index (κ3) is 9.59. The smallest absolute Gasteiger partial charge is 0.256 e. The molecular formula is C34H36N6O4. The monoisotopic (exact) mass is 592 g/mol. The van der Waals surface area contributed by atoms with E-state index in [0.29, 0.717) is 60.1 Å². The number of nitrogens with zero attached hydrogens (tertiary/aromatic N) is 2. The molecule has 0 radical (unpaired) electrons. The zero-order chi connectivity index (χ0) is 31.3. The van der Waals surface area contributed by atoms with Crippen LogP contribution in [0.4, 0.5) is 23.3 Å². The van der Waals surface area contributed by atoms with Gasteiger partial charge in [0.2, 0.25) is 11.8 Å². The minimum atomic E-state index is -0.308. The number of hydrogen-bond acceptors (Lipinski definition) is 6. The first-order chi connectivity index (χ1) is 21.3. The van der Waals surface area contributed by atoms with Gasteiger partial charge in [-0.15, -0.1) is 0 Å². The Balaban J connectivity index is 1.34. The fraction of sp³-hybridized carbons (Fsp3) is 0.235. The minimum absolute atomic E-state index is 0.126. The predicted molar refractivity (Wildman–Crippen MR) is 172 cm³/mol. The van der Waals surface area contributed by atoms with Crippen LogP contribution >= 0.6 is 0 Å². The van der Waals surface area contributed by atoms with E-state index in [1.807, 2.05) is 50.2 Å². The minimum Gasteiger partial charge on any atom is -0.311 e. The maximum absolute atomic E-state index is 12.9. The molecule has 4 amide bonds. The fourth-order valence-electron chi connectivity index (χ4n) is 4.41. The molecule has 10 nitrogen and oxygen atoms in total. The Kier molecular flexibility index (Phi) is 11.3. The van der Waals surface area contributed by atoms with Crippen molar-refractivity contribution in [3.63, 3.8) is 0 Å². The molecule has 2 aromatic heterocycles. The number of aromatic nitrogens is 2. The Hall–Kier alpha value is -5.38. The number of anilines is 4. The number of nitrogens with one attached hydrogen (secondary N) is 4. The summed E-state index contributed by atoms with van der Waals surface area (Å²) >= 11 is 0. The highest BCUT2D eigenvalue weighted by Gasteiger charge is 2.12. The van der Waals surface area contributed by atoms with E-state index in [1.165, 1.54) is 0 Å². The summed E-state index contributed by atoms with van der Waals surface area (Å²) in [6.07, 6.45) is 3.57. The van der Waals surface area contributed by atoms with Gasteiger partial charge in [0.25, 0.3) is 11.8 Å².